The Morgan fingerprint density at radius 1 is 1.23 bits per heavy atom. The highest BCUT2D eigenvalue weighted by Crippen LogP contribution is 2.08. The van der Waals surface area contributed by atoms with E-state index in [0.717, 1.165) is 23.8 Å². The van der Waals surface area contributed by atoms with Crippen LogP contribution in [-0.4, -0.2) is 28.9 Å². The number of nitrogens with zero attached hydrogens (tertiary/aromatic N) is 3. The molecule has 0 radical (unpaired) electrons. The molecule has 0 aliphatic heterocycles. The van der Waals surface area contributed by atoms with E-state index in [1.54, 1.807) is 7.05 Å². The van der Waals surface area contributed by atoms with Gasteiger partial charge in [0.05, 0.1) is 12.2 Å². The number of guanidine groups is 1. The van der Waals surface area contributed by atoms with Crippen LogP contribution in [0.5, 0.6) is 0 Å². The Hall–Kier alpha value is -2.04. The first kappa shape index (κ1) is 16.3. The van der Waals surface area contributed by atoms with Gasteiger partial charge in [0.1, 0.15) is 5.65 Å². The molecule has 0 aliphatic carbocycles. The van der Waals surface area contributed by atoms with Crippen LogP contribution >= 0.6 is 0 Å². The molecule has 0 saturated heterocycles. The fourth-order valence-corrected chi connectivity index (χ4v) is 2.44. The summed E-state index contributed by atoms with van der Waals surface area (Å²) >= 11 is 0. The molecule has 2 aromatic rings. The predicted molar refractivity (Wildman–Crippen MR) is 92.3 cm³/mol. The molecule has 0 aromatic carbocycles. The van der Waals surface area contributed by atoms with Crippen molar-refractivity contribution in [3.63, 3.8) is 0 Å². The van der Waals surface area contributed by atoms with Crippen LogP contribution in [-0.2, 0) is 6.54 Å². The summed E-state index contributed by atoms with van der Waals surface area (Å²) in [6.45, 7) is 5.95. The van der Waals surface area contributed by atoms with E-state index in [1.807, 2.05) is 12.1 Å². The molecule has 0 amide bonds. The van der Waals surface area contributed by atoms with E-state index in [9.17, 15) is 0 Å². The molecule has 2 heterocycles. The predicted octanol–water partition coefficient (Wildman–Crippen LogP) is 2.89. The molecule has 2 N–H and O–H groups in total. The van der Waals surface area contributed by atoms with Crippen LogP contribution in [0.3, 0.4) is 0 Å². The number of nitrogens with one attached hydrogen (secondary N) is 2. The first-order chi connectivity index (χ1) is 10.7. The average Bonchev–Trinajstić information content (AvgIpc) is 2.94. The van der Waals surface area contributed by atoms with Gasteiger partial charge in [-0.3, -0.25) is 4.99 Å². The van der Waals surface area contributed by atoms with Crippen molar-refractivity contribution in [2.45, 2.75) is 46.1 Å². The second-order valence-corrected chi connectivity index (χ2v) is 5.54. The fourth-order valence-electron chi connectivity index (χ4n) is 2.44. The molecule has 5 nitrogen and oxygen atoms in total. The Labute approximate surface area is 132 Å². The number of aryl methyl sites for hydroxylation is 1. The van der Waals surface area contributed by atoms with Crippen LogP contribution in [0.1, 0.15) is 44.0 Å². The Kier molecular flexibility index (Phi) is 6.25. The van der Waals surface area contributed by atoms with Gasteiger partial charge in [-0.15, -0.1) is 0 Å². The second-order valence-electron chi connectivity index (χ2n) is 5.54. The van der Waals surface area contributed by atoms with E-state index in [1.165, 1.54) is 31.4 Å². The number of pyridine rings is 1. The lowest BCUT2D eigenvalue weighted by atomic mass is 10.2. The number of hydrogen-bond acceptors (Lipinski definition) is 2. The molecule has 0 saturated carbocycles. The lowest BCUT2D eigenvalue weighted by Gasteiger charge is -2.10. The Balaban J connectivity index is 1.83. The number of aromatic nitrogens is 2. The maximum Gasteiger partial charge on any atom is 0.191 e. The molecule has 0 spiro atoms. The molecule has 0 aliphatic rings. The van der Waals surface area contributed by atoms with Gasteiger partial charge in [-0.2, -0.15) is 0 Å². The normalized spacial score (nSPS) is 11.9. The number of aliphatic imine (C=N–C) groups is 1. The minimum atomic E-state index is 0.676. The summed E-state index contributed by atoms with van der Waals surface area (Å²) < 4.78 is 2.11. The van der Waals surface area contributed by atoms with Gasteiger partial charge in [0.15, 0.2) is 5.96 Å². The largest absolute Gasteiger partial charge is 0.356 e. The van der Waals surface area contributed by atoms with E-state index in [0.29, 0.717) is 6.54 Å². The molecule has 5 heteroatoms. The molecule has 0 fully saturated rings. The van der Waals surface area contributed by atoms with Crippen LogP contribution in [0, 0.1) is 6.92 Å². The Bertz CT molecular complexity index is 615. The number of fused-ring (bicyclic) bond motifs is 1. The standard InChI is InChI=1S/C17H27N5/c1-4-5-6-7-11-19-17(18-3)20-12-15-13-22-14(2)9-8-10-16(22)21-15/h8-10,13H,4-7,11-12H2,1-3H3,(H2,18,19,20). The van der Waals surface area contributed by atoms with Gasteiger partial charge in [0.25, 0.3) is 0 Å². The molecule has 2 rings (SSSR count). The molecule has 2 aromatic heterocycles. The average molecular weight is 301 g/mol. The molecule has 120 valence electrons. The van der Waals surface area contributed by atoms with Crippen LogP contribution in [0.2, 0.25) is 0 Å². The van der Waals surface area contributed by atoms with Crippen molar-refractivity contribution >= 4 is 11.6 Å². The zero-order valence-electron chi connectivity index (χ0n) is 13.9. The lowest BCUT2D eigenvalue weighted by molar-refractivity contribution is 0.646. The summed E-state index contributed by atoms with van der Waals surface area (Å²) in [6, 6.07) is 6.14. The highest BCUT2D eigenvalue weighted by molar-refractivity contribution is 5.79. The van der Waals surface area contributed by atoms with Crippen molar-refractivity contribution < 1.29 is 0 Å². The topological polar surface area (TPSA) is 53.7 Å². The van der Waals surface area contributed by atoms with Crippen LogP contribution < -0.4 is 10.6 Å². The maximum absolute atomic E-state index is 4.62. The van der Waals surface area contributed by atoms with Gasteiger partial charge in [-0.25, -0.2) is 4.98 Å². The summed E-state index contributed by atoms with van der Waals surface area (Å²) in [5, 5.41) is 6.67. The van der Waals surface area contributed by atoms with E-state index in [2.05, 4.69) is 51.1 Å². The minimum Gasteiger partial charge on any atom is -0.356 e. The van der Waals surface area contributed by atoms with Crippen molar-refractivity contribution in [3.8, 4) is 0 Å². The fraction of sp³-hybridized carbons (Fsp3) is 0.529. The van der Waals surface area contributed by atoms with Gasteiger partial charge in [-0.05, 0) is 25.5 Å². The number of imidazole rings is 1. The molecule has 0 bridgehead atoms. The lowest BCUT2D eigenvalue weighted by Crippen LogP contribution is -2.37. The molecule has 0 unspecified atom stereocenters. The summed E-state index contributed by atoms with van der Waals surface area (Å²) in [4.78, 5) is 8.87. The maximum atomic E-state index is 4.62. The number of rotatable bonds is 7. The van der Waals surface area contributed by atoms with Crippen molar-refractivity contribution in [2.24, 2.45) is 4.99 Å². The molecular formula is C17H27N5. The Morgan fingerprint density at radius 2 is 2.09 bits per heavy atom. The zero-order chi connectivity index (χ0) is 15.8. The van der Waals surface area contributed by atoms with Crippen molar-refractivity contribution in [3.05, 3.63) is 35.8 Å². The highest BCUT2D eigenvalue weighted by Gasteiger charge is 2.04. The third kappa shape index (κ3) is 4.48. The molecule has 22 heavy (non-hydrogen) atoms. The molecular weight excluding hydrogens is 274 g/mol. The van der Waals surface area contributed by atoms with Gasteiger partial charge in [-0.1, -0.05) is 32.3 Å². The third-order valence-corrected chi connectivity index (χ3v) is 3.73. The monoisotopic (exact) mass is 301 g/mol. The van der Waals surface area contributed by atoms with E-state index in [4.69, 9.17) is 0 Å². The van der Waals surface area contributed by atoms with Crippen molar-refractivity contribution in [1.29, 1.82) is 0 Å². The van der Waals surface area contributed by atoms with Crippen LogP contribution in [0.25, 0.3) is 5.65 Å². The van der Waals surface area contributed by atoms with E-state index >= 15 is 0 Å². The van der Waals surface area contributed by atoms with Crippen molar-refractivity contribution in [1.82, 2.24) is 20.0 Å². The summed E-state index contributed by atoms with van der Waals surface area (Å²) in [7, 11) is 1.80. The third-order valence-electron chi connectivity index (χ3n) is 3.73. The quantitative estimate of drug-likeness (QED) is 0.470. The summed E-state index contributed by atoms with van der Waals surface area (Å²) in [5.74, 6) is 0.838. The first-order valence-electron chi connectivity index (χ1n) is 8.12. The summed E-state index contributed by atoms with van der Waals surface area (Å²) in [6.07, 6.45) is 7.09. The van der Waals surface area contributed by atoms with Crippen molar-refractivity contribution in [2.75, 3.05) is 13.6 Å². The van der Waals surface area contributed by atoms with E-state index < -0.39 is 0 Å². The number of hydrogen-bond donors (Lipinski definition) is 2. The zero-order valence-corrected chi connectivity index (χ0v) is 13.9. The highest BCUT2D eigenvalue weighted by atomic mass is 15.2. The van der Waals surface area contributed by atoms with Crippen LogP contribution in [0.4, 0.5) is 0 Å². The van der Waals surface area contributed by atoms with Gasteiger partial charge in [0.2, 0.25) is 0 Å². The second kappa shape index (κ2) is 8.41. The smallest absolute Gasteiger partial charge is 0.191 e. The van der Waals surface area contributed by atoms with E-state index in [-0.39, 0.29) is 0 Å². The number of unbranched alkanes of at least 4 members (excludes halogenated alkanes) is 3. The first-order valence-corrected chi connectivity index (χ1v) is 8.12. The van der Waals surface area contributed by atoms with Gasteiger partial charge < -0.3 is 15.0 Å². The molecule has 0 atom stereocenters. The van der Waals surface area contributed by atoms with Gasteiger partial charge >= 0.3 is 0 Å². The minimum absolute atomic E-state index is 0.676. The summed E-state index contributed by atoms with van der Waals surface area (Å²) in [5.41, 5.74) is 3.19. The Morgan fingerprint density at radius 3 is 2.82 bits per heavy atom. The van der Waals surface area contributed by atoms with Crippen LogP contribution in [0.15, 0.2) is 29.4 Å². The SMILES string of the molecule is CCCCCCNC(=NC)NCc1cn2c(C)cccc2n1. The van der Waals surface area contributed by atoms with Gasteiger partial charge in [0, 0.05) is 25.5 Å².